The van der Waals surface area contributed by atoms with E-state index in [4.69, 9.17) is 5.11 Å². The molecule has 0 radical (unpaired) electrons. The summed E-state index contributed by atoms with van der Waals surface area (Å²) in [5.74, 6) is -2.53. The monoisotopic (exact) mass is 237 g/mol. The minimum atomic E-state index is -1.10. The van der Waals surface area contributed by atoms with Crippen molar-refractivity contribution in [2.24, 2.45) is 11.3 Å². The first kappa shape index (κ1) is 11.8. The van der Waals surface area contributed by atoms with E-state index in [1.165, 1.54) is 0 Å². The molecule has 2 N–H and O–H groups in total. The number of carboxylic acids is 1. The van der Waals surface area contributed by atoms with E-state index >= 15 is 0 Å². The normalized spacial score (nSPS) is 27.5. The first-order valence-electron chi connectivity index (χ1n) is 5.59. The Balaban J connectivity index is 2.46. The Morgan fingerprint density at radius 3 is 2.59 bits per heavy atom. The summed E-state index contributed by atoms with van der Waals surface area (Å²) in [5, 5.41) is 11.7. The molecule has 17 heavy (non-hydrogen) atoms. The van der Waals surface area contributed by atoms with Crippen molar-refractivity contribution in [1.29, 1.82) is 0 Å². The molecule has 1 heterocycles. The number of hydrogen-bond donors (Lipinski definition) is 2. The van der Waals surface area contributed by atoms with E-state index < -0.39 is 11.9 Å². The molecule has 0 aromatic rings. The topological polar surface area (TPSA) is 83.5 Å². The maximum atomic E-state index is 12.0. The predicted molar refractivity (Wildman–Crippen MR) is 58.9 cm³/mol. The number of rotatable bonds is 1. The van der Waals surface area contributed by atoms with Gasteiger partial charge in [-0.05, 0) is 11.8 Å². The van der Waals surface area contributed by atoms with E-state index in [2.05, 4.69) is 5.32 Å². The highest BCUT2D eigenvalue weighted by molar-refractivity contribution is 6.05. The number of aliphatic carboxylic acids is 1. The number of ketones is 1. The van der Waals surface area contributed by atoms with Crippen molar-refractivity contribution in [3.8, 4) is 0 Å². The Labute approximate surface area is 98.9 Å². The van der Waals surface area contributed by atoms with Gasteiger partial charge in [0.05, 0.1) is 5.92 Å². The number of allylic oxidation sites excluding steroid dienone is 1. The van der Waals surface area contributed by atoms with E-state index in [0.29, 0.717) is 24.1 Å². The van der Waals surface area contributed by atoms with Crippen LogP contribution in [0.2, 0.25) is 0 Å². The molecule has 1 aliphatic carbocycles. The van der Waals surface area contributed by atoms with Crippen LogP contribution in [-0.2, 0) is 14.4 Å². The Morgan fingerprint density at radius 1 is 1.35 bits per heavy atom. The van der Waals surface area contributed by atoms with E-state index in [1.807, 2.05) is 13.8 Å². The van der Waals surface area contributed by atoms with Gasteiger partial charge in [-0.3, -0.25) is 14.4 Å². The van der Waals surface area contributed by atoms with Crippen LogP contribution < -0.4 is 5.32 Å². The number of Topliss-reactive ketones (excluding diaryl/α,β-unsaturated/α-hetero) is 1. The summed E-state index contributed by atoms with van der Waals surface area (Å²) in [6.07, 6.45) is 0.745. The van der Waals surface area contributed by atoms with Crippen molar-refractivity contribution in [2.45, 2.75) is 33.1 Å². The summed E-state index contributed by atoms with van der Waals surface area (Å²) in [6, 6.07) is 0. The summed E-state index contributed by atoms with van der Waals surface area (Å²) in [6.45, 7) is 3.87. The summed E-state index contributed by atoms with van der Waals surface area (Å²) in [4.78, 5) is 34.5. The fourth-order valence-corrected chi connectivity index (χ4v) is 2.57. The number of hydrogen-bond acceptors (Lipinski definition) is 3. The Hall–Kier alpha value is -1.65. The predicted octanol–water partition coefficient (Wildman–Crippen LogP) is 0.850. The molecular weight excluding hydrogens is 222 g/mol. The van der Waals surface area contributed by atoms with Crippen LogP contribution >= 0.6 is 0 Å². The minimum Gasteiger partial charge on any atom is -0.481 e. The molecule has 2 aliphatic rings. The second-order valence-corrected chi connectivity index (χ2v) is 5.48. The van der Waals surface area contributed by atoms with Gasteiger partial charge in [-0.2, -0.15) is 0 Å². The lowest BCUT2D eigenvalue weighted by Gasteiger charge is -2.36. The summed E-state index contributed by atoms with van der Waals surface area (Å²) < 4.78 is 0. The molecule has 1 amide bonds. The van der Waals surface area contributed by atoms with Crippen LogP contribution in [0.4, 0.5) is 0 Å². The molecule has 1 unspecified atom stereocenters. The number of carbonyl (C=O) groups excluding carboxylic acids is 2. The zero-order chi connectivity index (χ0) is 12.8. The maximum Gasteiger partial charge on any atom is 0.311 e. The molecule has 5 nitrogen and oxygen atoms in total. The molecule has 0 aromatic heterocycles. The molecule has 0 spiro atoms. The van der Waals surface area contributed by atoms with Gasteiger partial charge in [-0.1, -0.05) is 13.8 Å². The summed E-state index contributed by atoms with van der Waals surface area (Å²) in [5.41, 5.74) is 0.593. The third-order valence-electron chi connectivity index (χ3n) is 3.25. The highest BCUT2D eigenvalue weighted by atomic mass is 16.4. The van der Waals surface area contributed by atoms with Gasteiger partial charge in [-0.25, -0.2) is 0 Å². The second-order valence-electron chi connectivity index (χ2n) is 5.48. The number of carbonyl (C=O) groups is 3. The molecule has 0 fully saturated rings. The van der Waals surface area contributed by atoms with Gasteiger partial charge in [0.25, 0.3) is 0 Å². The van der Waals surface area contributed by atoms with Crippen LogP contribution in [0, 0.1) is 11.3 Å². The highest BCUT2D eigenvalue weighted by Gasteiger charge is 2.42. The standard InChI is InChI=1S/C12H15NO4/c1-12(2)4-7-10(8(14)5-12)6(11(16)17)3-9(15)13-7/h6H,3-5H2,1-2H3,(H,13,15)(H,16,17). The smallest absolute Gasteiger partial charge is 0.311 e. The Morgan fingerprint density at radius 2 is 2.00 bits per heavy atom. The largest absolute Gasteiger partial charge is 0.481 e. The SMILES string of the molecule is CC1(C)CC(=O)C2=C(C1)NC(=O)CC2C(=O)O. The van der Waals surface area contributed by atoms with Gasteiger partial charge in [0.2, 0.25) is 5.91 Å². The third kappa shape index (κ3) is 2.09. The van der Waals surface area contributed by atoms with Crippen LogP contribution in [0.1, 0.15) is 33.1 Å². The molecule has 0 bridgehead atoms. The zero-order valence-corrected chi connectivity index (χ0v) is 9.87. The average Bonchev–Trinajstić information content (AvgIpc) is 2.12. The average molecular weight is 237 g/mol. The van der Waals surface area contributed by atoms with Crippen LogP contribution in [0.5, 0.6) is 0 Å². The lowest BCUT2D eigenvalue weighted by molar-refractivity contribution is -0.144. The van der Waals surface area contributed by atoms with Crippen LogP contribution in [-0.4, -0.2) is 22.8 Å². The molecule has 1 aliphatic heterocycles. The van der Waals surface area contributed by atoms with Crippen LogP contribution in [0.15, 0.2) is 11.3 Å². The summed E-state index contributed by atoms with van der Waals surface area (Å²) in [7, 11) is 0. The van der Waals surface area contributed by atoms with Crippen molar-refractivity contribution in [3.05, 3.63) is 11.3 Å². The minimum absolute atomic E-state index is 0.139. The van der Waals surface area contributed by atoms with Gasteiger partial charge in [0.15, 0.2) is 5.78 Å². The zero-order valence-electron chi connectivity index (χ0n) is 9.87. The van der Waals surface area contributed by atoms with Gasteiger partial charge in [-0.15, -0.1) is 0 Å². The molecule has 0 aromatic carbocycles. The third-order valence-corrected chi connectivity index (χ3v) is 3.25. The first-order valence-corrected chi connectivity index (χ1v) is 5.59. The van der Waals surface area contributed by atoms with Gasteiger partial charge in [0, 0.05) is 24.1 Å². The Kier molecular flexibility index (Phi) is 2.56. The lowest BCUT2D eigenvalue weighted by atomic mass is 9.71. The molecule has 5 heteroatoms. The lowest BCUT2D eigenvalue weighted by Crippen LogP contribution is -2.43. The van der Waals surface area contributed by atoms with E-state index in [9.17, 15) is 14.4 Å². The summed E-state index contributed by atoms with van der Waals surface area (Å²) >= 11 is 0. The maximum absolute atomic E-state index is 12.0. The van der Waals surface area contributed by atoms with Crippen molar-refractivity contribution in [3.63, 3.8) is 0 Å². The highest BCUT2D eigenvalue weighted by Crippen LogP contribution is 2.40. The first-order chi connectivity index (χ1) is 7.80. The van der Waals surface area contributed by atoms with E-state index in [-0.39, 0.29) is 23.5 Å². The molecule has 2 rings (SSSR count). The van der Waals surface area contributed by atoms with Crippen molar-refractivity contribution < 1.29 is 19.5 Å². The van der Waals surface area contributed by atoms with Crippen LogP contribution in [0.3, 0.4) is 0 Å². The van der Waals surface area contributed by atoms with Gasteiger partial charge < -0.3 is 10.4 Å². The van der Waals surface area contributed by atoms with Gasteiger partial charge in [0.1, 0.15) is 0 Å². The van der Waals surface area contributed by atoms with Crippen molar-refractivity contribution >= 4 is 17.7 Å². The fraction of sp³-hybridized carbons (Fsp3) is 0.583. The van der Waals surface area contributed by atoms with Crippen molar-refractivity contribution in [2.75, 3.05) is 0 Å². The molecule has 92 valence electrons. The fourth-order valence-electron chi connectivity index (χ4n) is 2.57. The van der Waals surface area contributed by atoms with Gasteiger partial charge >= 0.3 is 5.97 Å². The molecule has 0 saturated carbocycles. The molecular formula is C12H15NO4. The number of amides is 1. The quantitative estimate of drug-likeness (QED) is 0.708. The number of nitrogens with one attached hydrogen (secondary N) is 1. The van der Waals surface area contributed by atoms with Crippen LogP contribution in [0.25, 0.3) is 0 Å². The second kappa shape index (κ2) is 3.68. The van der Waals surface area contributed by atoms with Crippen molar-refractivity contribution in [1.82, 2.24) is 5.32 Å². The Bertz CT molecular complexity index is 447. The molecule has 1 atom stereocenters. The van der Waals surface area contributed by atoms with E-state index in [0.717, 1.165) is 0 Å². The van der Waals surface area contributed by atoms with E-state index in [1.54, 1.807) is 0 Å². The molecule has 0 saturated heterocycles. The number of carboxylic acid groups (broad SMARTS) is 1.